The van der Waals surface area contributed by atoms with E-state index in [2.05, 4.69) is 45.3 Å². The predicted molar refractivity (Wildman–Crippen MR) is 74.1 cm³/mol. The number of para-hydroxylation sites is 1. The van der Waals surface area contributed by atoms with Crippen molar-refractivity contribution in [3.63, 3.8) is 0 Å². The Labute approximate surface area is 108 Å². The van der Waals surface area contributed by atoms with Gasteiger partial charge >= 0.3 is 0 Å². The molecule has 3 nitrogen and oxygen atoms in total. The average molecular weight is 241 g/mol. The number of anilines is 1. The second-order valence-corrected chi connectivity index (χ2v) is 5.07. The first-order valence-corrected chi connectivity index (χ1v) is 6.68. The van der Waals surface area contributed by atoms with Crippen LogP contribution in [-0.2, 0) is 0 Å². The lowest BCUT2D eigenvalue weighted by Crippen LogP contribution is -2.08. The number of aromatic nitrogens is 2. The summed E-state index contributed by atoms with van der Waals surface area (Å²) < 4.78 is 2.13. The number of benzene rings is 1. The smallest absolute Gasteiger partial charge is 0.207 e. The lowest BCUT2D eigenvalue weighted by atomic mass is 10.3. The second-order valence-electron chi connectivity index (χ2n) is 5.07. The Kier molecular flexibility index (Phi) is 3.05. The van der Waals surface area contributed by atoms with Crippen LogP contribution in [0.5, 0.6) is 0 Å². The molecule has 0 unspecified atom stereocenters. The van der Waals surface area contributed by atoms with Gasteiger partial charge in [0.2, 0.25) is 5.95 Å². The molecule has 1 saturated carbocycles. The molecular formula is C15H19N3. The third-order valence-electron chi connectivity index (χ3n) is 3.39. The molecule has 1 N–H and O–H groups in total. The maximum atomic E-state index is 4.56. The van der Waals surface area contributed by atoms with E-state index < -0.39 is 0 Å². The van der Waals surface area contributed by atoms with Gasteiger partial charge in [-0.25, -0.2) is 4.98 Å². The Balaban J connectivity index is 1.76. The van der Waals surface area contributed by atoms with Crippen LogP contribution in [0.4, 0.5) is 5.95 Å². The first-order chi connectivity index (χ1) is 8.83. The fourth-order valence-electron chi connectivity index (χ4n) is 2.20. The first kappa shape index (κ1) is 11.3. The van der Waals surface area contributed by atoms with Crippen molar-refractivity contribution in [1.29, 1.82) is 0 Å². The van der Waals surface area contributed by atoms with Gasteiger partial charge in [-0.05, 0) is 31.4 Å². The van der Waals surface area contributed by atoms with Crippen molar-refractivity contribution in [2.45, 2.75) is 26.2 Å². The summed E-state index contributed by atoms with van der Waals surface area (Å²) in [6.07, 6.45) is 6.16. The van der Waals surface area contributed by atoms with Crippen LogP contribution in [0.3, 0.4) is 0 Å². The van der Waals surface area contributed by atoms with E-state index in [-0.39, 0.29) is 0 Å². The number of rotatable bonds is 5. The van der Waals surface area contributed by atoms with Crippen molar-refractivity contribution in [1.82, 2.24) is 9.55 Å². The zero-order chi connectivity index (χ0) is 12.4. The van der Waals surface area contributed by atoms with Gasteiger partial charge in [0, 0.05) is 18.4 Å². The van der Waals surface area contributed by atoms with Gasteiger partial charge < -0.3 is 5.32 Å². The molecule has 0 spiro atoms. The van der Waals surface area contributed by atoms with Crippen LogP contribution in [0, 0.1) is 12.8 Å². The highest BCUT2D eigenvalue weighted by Gasteiger charge is 2.20. The predicted octanol–water partition coefficient (Wildman–Crippen LogP) is 3.39. The third kappa shape index (κ3) is 2.55. The maximum Gasteiger partial charge on any atom is 0.207 e. The summed E-state index contributed by atoms with van der Waals surface area (Å²) in [7, 11) is 0. The zero-order valence-corrected chi connectivity index (χ0v) is 10.8. The summed E-state index contributed by atoms with van der Waals surface area (Å²) >= 11 is 0. The first-order valence-electron chi connectivity index (χ1n) is 6.68. The summed E-state index contributed by atoms with van der Waals surface area (Å²) in [5, 5.41) is 3.46. The van der Waals surface area contributed by atoms with E-state index in [9.17, 15) is 0 Å². The summed E-state index contributed by atoms with van der Waals surface area (Å²) in [6, 6.07) is 10.4. The van der Waals surface area contributed by atoms with Gasteiger partial charge in [-0.3, -0.25) is 4.57 Å². The number of imidazole rings is 1. The van der Waals surface area contributed by atoms with Gasteiger partial charge in [-0.2, -0.15) is 0 Å². The average Bonchev–Trinajstić information content (AvgIpc) is 3.13. The number of hydrogen-bond acceptors (Lipinski definition) is 2. The molecule has 0 atom stereocenters. The van der Waals surface area contributed by atoms with E-state index >= 15 is 0 Å². The molecule has 1 aromatic carbocycles. The van der Waals surface area contributed by atoms with Crippen LogP contribution in [-0.4, -0.2) is 16.1 Å². The molecule has 0 bridgehead atoms. The van der Waals surface area contributed by atoms with Crippen LogP contribution >= 0.6 is 0 Å². The Hall–Kier alpha value is -1.77. The van der Waals surface area contributed by atoms with Crippen molar-refractivity contribution in [3.8, 4) is 5.69 Å². The molecule has 1 heterocycles. The van der Waals surface area contributed by atoms with Crippen molar-refractivity contribution in [2.75, 3.05) is 11.9 Å². The highest BCUT2D eigenvalue weighted by Crippen LogP contribution is 2.32. The molecule has 1 aromatic heterocycles. The number of aryl methyl sites for hydroxylation is 1. The van der Waals surface area contributed by atoms with Crippen LogP contribution < -0.4 is 5.32 Å². The maximum absolute atomic E-state index is 4.56. The summed E-state index contributed by atoms with van der Waals surface area (Å²) in [6.45, 7) is 3.06. The van der Waals surface area contributed by atoms with Gasteiger partial charge in [-0.1, -0.05) is 31.0 Å². The standard InChI is InChI=1S/C15H19N3/c1-12-11-18(14-5-3-2-4-6-14)15(17-12)16-10-9-13-7-8-13/h2-6,11,13H,7-10H2,1H3,(H,16,17). The molecule has 94 valence electrons. The number of hydrogen-bond donors (Lipinski definition) is 1. The van der Waals surface area contributed by atoms with Crippen LogP contribution in [0.1, 0.15) is 25.0 Å². The second kappa shape index (κ2) is 4.84. The minimum absolute atomic E-state index is 0.957. The number of nitrogens with zero attached hydrogens (tertiary/aromatic N) is 2. The fourth-order valence-corrected chi connectivity index (χ4v) is 2.20. The van der Waals surface area contributed by atoms with Crippen molar-refractivity contribution in [2.24, 2.45) is 5.92 Å². The molecular weight excluding hydrogens is 222 g/mol. The van der Waals surface area contributed by atoms with Crippen LogP contribution in [0.2, 0.25) is 0 Å². The van der Waals surface area contributed by atoms with E-state index in [0.29, 0.717) is 0 Å². The highest BCUT2D eigenvalue weighted by atomic mass is 15.2. The fraction of sp³-hybridized carbons (Fsp3) is 0.400. The molecule has 1 aliphatic carbocycles. The number of nitrogens with one attached hydrogen (secondary N) is 1. The Bertz CT molecular complexity index is 512. The van der Waals surface area contributed by atoms with E-state index in [1.165, 1.54) is 19.3 Å². The van der Waals surface area contributed by atoms with E-state index in [0.717, 1.165) is 29.8 Å². The lowest BCUT2D eigenvalue weighted by molar-refractivity contribution is 0.754. The van der Waals surface area contributed by atoms with Crippen LogP contribution in [0.25, 0.3) is 5.69 Å². The van der Waals surface area contributed by atoms with Gasteiger partial charge in [0.25, 0.3) is 0 Å². The topological polar surface area (TPSA) is 29.9 Å². The molecule has 0 aliphatic heterocycles. The highest BCUT2D eigenvalue weighted by molar-refractivity contribution is 5.42. The molecule has 0 amide bonds. The summed E-state index contributed by atoms with van der Waals surface area (Å²) in [5.41, 5.74) is 2.21. The largest absolute Gasteiger partial charge is 0.355 e. The third-order valence-corrected chi connectivity index (χ3v) is 3.39. The minimum Gasteiger partial charge on any atom is -0.355 e. The van der Waals surface area contributed by atoms with E-state index in [1.54, 1.807) is 0 Å². The van der Waals surface area contributed by atoms with Gasteiger partial charge in [0.15, 0.2) is 0 Å². The van der Waals surface area contributed by atoms with Crippen molar-refractivity contribution >= 4 is 5.95 Å². The molecule has 3 heteroatoms. The molecule has 3 rings (SSSR count). The van der Waals surface area contributed by atoms with Gasteiger partial charge in [0.1, 0.15) is 0 Å². The van der Waals surface area contributed by atoms with Crippen molar-refractivity contribution in [3.05, 3.63) is 42.2 Å². The summed E-state index contributed by atoms with van der Waals surface area (Å²) in [5.74, 6) is 1.91. The molecule has 0 radical (unpaired) electrons. The summed E-state index contributed by atoms with van der Waals surface area (Å²) in [4.78, 5) is 4.56. The zero-order valence-electron chi connectivity index (χ0n) is 10.8. The SMILES string of the molecule is Cc1cn(-c2ccccc2)c(NCCC2CC2)n1. The normalized spacial score (nSPS) is 14.7. The Morgan fingerprint density at radius 2 is 2.06 bits per heavy atom. The quantitative estimate of drug-likeness (QED) is 0.869. The van der Waals surface area contributed by atoms with Gasteiger partial charge in [0.05, 0.1) is 5.69 Å². The van der Waals surface area contributed by atoms with Crippen molar-refractivity contribution < 1.29 is 0 Å². The Morgan fingerprint density at radius 1 is 1.28 bits per heavy atom. The van der Waals surface area contributed by atoms with Crippen LogP contribution in [0.15, 0.2) is 36.5 Å². The Morgan fingerprint density at radius 3 is 2.78 bits per heavy atom. The molecule has 0 saturated heterocycles. The molecule has 2 aromatic rings. The van der Waals surface area contributed by atoms with Gasteiger partial charge in [-0.15, -0.1) is 0 Å². The van der Waals surface area contributed by atoms with E-state index in [1.807, 2.05) is 13.0 Å². The minimum atomic E-state index is 0.957. The van der Waals surface area contributed by atoms with E-state index in [4.69, 9.17) is 0 Å². The lowest BCUT2D eigenvalue weighted by Gasteiger charge is -2.09. The molecule has 1 aliphatic rings. The monoisotopic (exact) mass is 241 g/mol. The molecule has 1 fully saturated rings. The molecule has 18 heavy (non-hydrogen) atoms.